The third-order valence-electron chi connectivity index (χ3n) is 7.69. The van der Waals surface area contributed by atoms with Crippen LogP contribution in [0.1, 0.15) is 64.5 Å². The number of benzene rings is 1. The Hall–Kier alpha value is -1.92. The number of imidazole rings is 1. The van der Waals surface area contributed by atoms with E-state index in [0.717, 1.165) is 42.7 Å². The normalized spacial score (nSPS) is 23.4. The summed E-state index contributed by atoms with van der Waals surface area (Å²) in [6, 6.07) is 6.12. The van der Waals surface area contributed by atoms with Gasteiger partial charge in [0.2, 0.25) is 0 Å². The number of carbonyl (C=O) groups excluding carboxylic acids is 1. The average Bonchev–Trinajstić information content (AvgIpc) is 3.29. The number of methoxy groups -OCH3 is 1. The summed E-state index contributed by atoms with van der Waals surface area (Å²) in [6.45, 7) is 11.5. The fourth-order valence-corrected chi connectivity index (χ4v) is 6.25. The van der Waals surface area contributed by atoms with Gasteiger partial charge in [-0.05, 0) is 55.4 Å². The van der Waals surface area contributed by atoms with Crippen LogP contribution in [0.3, 0.4) is 0 Å². The first-order chi connectivity index (χ1) is 14.6. The number of aromatic nitrogens is 2. The van der Waals surface area contributed by atoms with Crippen LogP contribution in [-0.2, 0) is 9.22 Å². The van der Waals surface area contributed by atoms with E-state index in [-0.39, 0.29) is 17.0 Å². The molecule has 0 bridgehead atoms. The Morgan fingerprint density at radius 2 is 1.90 bits per heavy atom. The van der Waals surface area contributed by atoms with Gasteiger partial charge in [-0.1, -0.05) is 32.9 Å². The fraction of sp³-hybridized carbons (Fsp3) is 0.600. The van der Waals surface area contributed by atoms with Gasteiger partial charge in [0.1, 0.15) is 11.5 Å². The molecule has 0 radical (unpaired) electrons. The van der Waals surface area contributed by atoms with Gasteiger partial charge in [0.25, 0.3) is 0 Å². The highest BCUT2D eigenvalue weighted by Crippen LogP contribution is 2.46. The minimum Gasteiger partial charge on any atom is -0.496 e. The highest BCUT2D eigenvalue weighted by Gasteiger charge is 2.41. The first kappa shape index (κ1) is 22.3. The molecule has 1 saturated carbocycles. The monoisotopic (exact) mass is 440 g/mol. The van der Waals surface area contributed by atoms with Gasteiger partial charge in [0.05, 0.1) is 31.4 Å². The molecule has 1 aromatic carbocycles. The number of ether oxygens (including phenoxy) is 1. The molecule has 2 heterocycles. The molecular formula is C25H36N2O3Si. The van der Waals surface area contributed by atoms with Crippen molar-refractivity contribution in [2.45, 2.75) is 83.2 Å². The Morgan fingerprint density at radius 1 is 1.19 bits per heavy atom. The molecular weight excluding hydrogens is 404 g/mol. The Bertz CT molecular complexity index is 952. The lowest BCUT2D eigenvalue weighted by atomic mass is 9.82. The molecule has 0 N–H and O–H groups in total. The smallest absolute Gasteiger partial charge is 0.192 e. The van der Waals surface area contributed by atoms with E-state index in [4.69, 9.17) is 9.16 Å². The van der Waals surface area contributed by atoms with Crippen molar-refractivity contribution in [2.75, 3.05) is 7.11 Å². The summed E-state index contributed by atoms with van der Waals surface area (Å²) in [6.07, 6.45) is 8.40. The molecule has 0 spiro atoms. The number of carbonyl (C=O) groups is 1. The van der Waals surface area contributed by atoms with Gasteiger partial charge < -0.3 is 13.7 Å². The Labute approximate surface area is 187 Å². The molecule has 31 heavy (non-hydrogen) atoms. The third kappa shape index (κ3) is 4.12. The van der Waals surface area contributed by atoms with Crippen molar-refractivity contribution in [1.82, 2.24) is 9.55 Å². The number of rotatable bonds is 6. The lowest BCUT2D eigenvalue weighted by Crippen LogP contribution is -2.45. The van der Waals surface area contributed by atoms with Crippen LogP contribution in [0.2, 0.25) is 18.1 Å². The lowest BCUT2D eigenvalue weighted by molar-refractivity contribution is -0.124. The predicted octanol–water partition coefficient (Wildman–Crippen LogP) is 6.00. The van der Waals surface area contributed by atoms with Crippen LogP contribution >= 0.6 is 0 Å². The minimum absolute atomic E-state index is 0.0105. The van der Waals surface area contributed by atoms with Crippen LogP contribution in [0, 0.1) is 5.92 Å². The lowest BCUT2D eigenvalue weighted by Gasteiger charge is -2.41. The molecule has 168 valence electrons. The first-order valence-corrected chi connectivity index (χ1v) is 14.4. The molecule has 5 nitrogen and oxygen atoms in total. The molecule has 1 atom stereocenters. The summed E-state index contributed by atoms with van der Waals surface area (Å²) in [7, 11) is -0.0652. The number of hydrogen-bond acceptors (Lipinski definition) is 4. The van der Waals surface area contributed by atoms with Gasteiger partial charge in [-0.15, -0.1) is 0 Å². The van der Waals surface area contributed by atoms with E-state index in [1.54, 1.807) is 7.11 Å². The molecule has 1 aliphatic carbocycles. The van der Waals surface area contributed by atoms with Gasteiger partial charge >= 0.3 is 0 Å². The number of ketones is 1. The topological polar surface area (TPSA) is 53.4 Å². The molecule has 1 fully saturated rings. The largest absolute Gasteiger partial charge is 0.496 e. The van der Waals surface area contributed by atoms with E-state index < -0.39 is 8.32 Å². The summed E-state index contributed by atoms with van der Waals surface area (Å²) >= 11 is 0. The van der Waals surface area contributed by atoms with E-state index in [1.165, 1.54) is 5.56 Å². The van der Waals surface area contributed by atoms with E-state index in [1.807, 2.05) is 24.7 Å². The fourth-order valence-electron chi connectivity index (χ4n) is 4.83. The number of Topliss-reactive ketones (excluding diaryl/α,β-unsaturated/α-hetero) is 1. The van der Waals surface area contributed by atoms with Gasteiger partial charge in [-0.3, -0.25) is 4.79 Å². The van der Waals surface area contributed by atoms with Crippen molar-refractivity contribution in [2.24, 2.45) is 5.92 Å². The quantitative estimate of drug-likeness (QED) is 0.517. The molecule has 2 aliphatic rings. The van der Waals surface area contributed by atoms with E-state index in [9.17, 15) is 4.79 Å². The van der Waals surface area contributed by atoms with Crippen molar-refractivity contribution in [3.63, 3.8) is 0 Å². The maximum atomic E-state index is 13.3. The molecule has 1 aromatic heterocycles. The molecule has 0 amide bonds. The van der Waals surface area contributed by atoms with Crippen LogP contribution in [0.15, 0.2) is 30.7 Å². The van der Waals surface area contributed by atoms with Crippen molar-refractivity contribution >= 4 is 14.1 Å². The maximum Gasteiger partial charge on any atom is 0.192 e. The summed E-state index contributed by atoms with van der Waals surface area (Å²) in [5, 5.41) is 0.221. The van der Waals surface area contributed by atoms with Crippen molar-refractivity contribution in [3.05, 3.63) is 36.3 Å². The second-order valence-corrected chi connectivity index (χ2v) is 15.4. The van der Waals surface area contributed by atoms with Crippen LogP contribution in [0.5, 0.6) is 5.75 Å². The summed E-state index contributed by atoms with van der Waals surface area (Å²) in [5.41, 5.74) is 3.28. The highest BCUT2D eigenvalue weighted by molar-refractivity contribution is 6.74. The van der Waals surface area contributed by atoms with Crippen LogP contribution in [-0.4, -0.2) is 36.9 Å². The Kier molecular flexibility index (Phi) is 5.90. The van der Waals surface area contributed by atoms with E-state index in [2.05, 4.69) is 49.5 Å². The standard InChI is InChI=1S/C25H36N2O3Si/c1-25(2,3)31(5,6)30-18-12-10-17(11-13-18)22(28)14-20-19-8-7-9-23(29-4)24(19)21-15-26-16-27(20)21/h7-9,15-18,20H,10-14H2,1-6H3. The first-order valence-electron chi connectivity index (χ1n) is 11.5. The zero-order chi connectivity index (χ0) is 22.4. The maximum absolute atomic E-state index is 13.3. The van der Waals surface area contributed by atoms with Crippen LogP contribution in [0.25, 0.3) is 11.3 Å². The Morgan fingerprint density at radius 3 is 2.55 bits per heavy atom. The molecule has 1 unspecified atom stereocenters. The highest BCUT2D eigenvalue weighted by atomic mass is 28.4. The number of hydrogen-bond donors (Lipinski definition) is 0. The van der Waals surface area contributed by atoms with Crippen LogP contribution in [0.4, 0.5) is 0 Å². The van der Waals surface area contributed by atoms with Gasteiger partial charge in [-0.2, -0.15) is 0 Å². The number of fused-ring (bicyclic) bond motifs is 3. The second kappa shape index (κ2) is 8.21. The van der Waals surface area contributed by atoms with E-state index >= 15 is 0 Å². The zero-order valence-corrected chi connectivity index (χ0v) is 20.8. The van der Waals surface area contributed by atoms with Gasteiger partial charge in [0.15, 0.2) is 8.32 Å². The van der Waals surface area contributed by atoms with Gasteiger partial charge in [0, 0.05) is 24.0 Å². The second-order valence-electron chi connectivity index (χ2n) is 10.6. The molecule has 2 aromatic rings. The third-order valence-corrected chi connectivity index (χ3v) is 12.2. The number of nitrogens with zero attached hydrogens (tertiary/aromatic N) is 2. The van der Waals surface area contributed by atoms with Crippen molar-refractivity contribution in [3.8, 4) is 17.0 Å². The van der Waals surface area contributed by atoms with Gasteiger partial charge in [-0.25, -0.2) is 4.98 Å². The van der Waals surface area contributed by atoms with E-state index in [0.29, 0.717) is 18.3 Å². The molecule has 4 rings (SSSR count). The Balaban J connectivity index is 1.42. The summed E-state index contributed by atoms with van der Waals surface area (Å²) < 4.78 is 14.3. The minimum atomic E-state index is -1.76. The van der Waals surface area contributed by atoms with Crippen LogP contribution < -0.4 is 4.74 Å². The molecule has 6 heteroatoms. The van der Waals surface area contributed by atoms with Crippen molar-refractivity contribution in [1.29, 1.82) is 0 Å². The SMILES string of the molecule is COc1cccc2c1-c1cncn1C2CC(=O)C1CCC(O[Si](C)(C)C(C)(C)C)CC1. The predicted molar refractivity (Wildman–Crippen MR) is 126 cm³/mol. The summed E-state index contributed by atoms with van der Waals surface area (Å²) in [5.74, 6) is 1.35. The zero-order valence-electron chi connectivity index (χ0n) is 19.8. The van der Waals surface area contributed by atoms with Crippen molar-refractivity contribution < 1.29 is 14.0 Å². The molecule has 0 saturated heterocycles. The average molecular weight is 441 g/mol. The summed E-state index contributed by atoms with van der Waals surface area (Å²) in [4.78, 5) is 17.6. The molecule has 1 aliphatic heterocycles.